The number of nitrogens with one attached hydrogen (secondary N) is 1. The van der Waals surface area contributed by atoms with Crippen molar-refractivity contribution in [3.8, 4) is 0 Å². The summed E-state index contributed by atoms with van der Waals surface area (Å²) in [6, 6.07) is 17.0. The standard InChI is InChI=1S/C22H27N3O3S/c1-17-8-14-21(15-9-17)29(27,28)25(2)16-22(26)24-23-20-12-10-19(11-13-20)18-6-4-3-5-7-18/h3-9,14-15,19H,10-13,16H2,1-2H3,(H,24,26). The van der Waals surface area contributed by atoms with E-state index in [9.17, 15) is 13.2 Å². The summed E-state index contributed by atoms with van der Waals surface area (Å²) in [5.74, 6) is 0.0810. The number of nitrogens with zero attached hydrogens (tertiary/aromatic N) is 2. The third-order valence-corrected chi connectivity index (χ3v) is 7.09. The van der Waals surface area contributed by atoms with Crippen molar-refractivity contribution in [1.29, 1.82) is 0 Å². The highest BCUT2D eigenvalue weighted by molar-refractivity contribution is 7.89. The molecule has 6 nitrogen and oxygen atoms in total. The summed E-state index contributed by atoms with van der Waals surface area (Å²) in [6.07, 6.45) is 3.66. The number of likely N-dealkylation sites (N-methyl/N-ethyl adjacent to an activating group) is 1. The molecule has 7 heteroatoms. The Morgan fingerprint density at radius 1 is 1.07 bits per heavy atom. The van der Waals surface area contributed by atoms with Crippen LogP contribution in [0.4, 0.5) is 0 Å². The Morgan fingerprint density at radius 2 is 1.69 bits per heavy atom. The first-order chi connectivity index (χ1) is 13.9. The van der Waals surface area contributed by atoms with Crippen LogP contribution in [-0.4, -0.2) is 37.9 Å². The van der Waals surface area contributed by atoms with E-state index in [0.717, 1.165) is 41.3 Å². The summed E-state index contributed by atoms with van der Waals surface area (Å²) >= 11 is 0. The van der Waals surface area contributed by atoms with Crippen molar-refractivity contribution in [1.82, 2.24) is 9.73 Å². The van der Waals surface area contributed by atoms with Crippen molar-refractivity contribution in [3.05, 3.63) is 65.7 Å². The Labute approximate surface area is 172 Å². The lowest BCUT2D eigenvalue weighted by molar-refractivity contribution is -0.121. The fraction of sp³-hybridized carbons (Fsp3) is 0.364. The van der Waals surface area contributed by atoms with Gasteiger partial charge in [0.25, 0.3) is 5.91 Å². The molecule has 0 heterocycles. The van der Waals surface area contributed by atoms with Crippen molar-refractivity contribution in [3.63, 3.8) is 0 Å². The lowest BCUT2D eigenvalue weighted by Gasteiger charge is -2.23. The van der Waals surface area contributed by atoms with E-state index in [1.807, 2.05) is 13.0 Å². The van der Waals surface area contributed by atoms with Gasteiger partial charge in [0.1, 0.15) is 0 Å². The summed E-state index contributed by atoms with van der Waals surface area (Å²) in [5.41, 5.74) is 5.79. The van der Waals surface area contributed by atoms with Crippen LogP contribution in [0.2, 0.25) is 0 Å². The van der Waals surface area contributed by atoms with E-state index in [-0.39, 0.29) is 11.4 Å². The molecule has 0 bridgehead atoms. The average Bonchev–Trinajstić information content (AvgIpc) is 2.73. The fourth-order valence-electron chi connectivity index (χ4n) is 3.48. The molecular weight excluding hydrogens is 386 g/mol. The number of carbonyl (C=O) groups excluding carboxylic acids is 1. The Kier molecular flexibility index (Phi) is 6.82. The molecule has 2 aromatic rings. The van der Waals surface area contributed by atoms with Gasteiger partial charge in [0.05, 0.1) is 11.4 Å². The van der Waals surface area contributed by atoms with Crippen LogP contribution in [0.15, 0.2) is 64.6 Å². The lowest BCUT2D eigenvalue weighted by Crippen LogP contribution is -2.37. The van der Waals surface area contributed by atoms with Crippen molar-refractivity contribution in [2.24, 2.45) is 5.10 Å². The summed E-state index contributed by atoms with van der Waals surface area (Å²) in [4.78, 5) is 12.4. The maximum atomic E-state index is 12.6. The molecule has 0 aliphatic heterocycles. The maximum Gasteiger partial charge on any atom is 0.255 e. The van der Waals surface area contributed by atoms with Crippen molar-refractivity contribution in [2.45, 2.75) is 43.4 Å². The fourth-order valence-corrected chi connectivity index (χ4v) is 4.60. The van der Waals surface area contributed by atoms with Crippen LogP contribution in [0.1, 0.15) is 42.7 Å². The number of hydrogen-bond acceptors (Lipinski definition) is 4. The first-order valence-corrected chi connectivity index (χ1v) is 11.2. The summed E-state index contributed by atoms with van der Waals surface area (Å²) in [7, 11) is -2.31. The molecule has 1 aliphatic carbocycles. The number of benzene rings is 2. The predicted octanol–water partition coefficient (Wildman–Crippen LogP) is 3.45. The highest BCUT2D eigenvalue weighted by Gasteiger charge is 2.23. The minimum absolute atomic E-state index is 0.170. The van der Waals surface area contributed by atoms with E-state index in [2.05, 4.69) is 34.8 Å². The third-order valence-electron chi connectivity index (χ3n) is 5.27. The number of rotatable bonds is 6. The van der Waals surface area contributed by atoms with Crippen molar-refractivity contribution < 1.29 is 13.2 Å². The first kappa shape index (κ1) is 21.2. The van der Waals surface area contributed by atoms with E-state index in [1.54, 1.807) is 24.3 Å². The molecule has 29 heavy (non-hydrogen) atoms. The highest BCUT2D eigenvalue weighted by atomic mass is 32.2. The van der Waals surface area contributed by atoms with Crippen molar-refractivity contribution >= 4 is 21.6 Å². The van der Waals surface area contributed by atoms with Gasteiger partial charge in [0.15, 0.2) is 0 Å². The molecule has 1 N–H and O–H groups in total. The zero-order valence-corrected chi connectivity index (χ0v) is 17.7. The lowest BCUT2D eigenvalue weighted by atomic mass is 9.83. The number of amides is 1. The highest BCUT2D eigenvalue weighted by Crippen LogP contribution is 2.31. The summed E-state index contributed by atoms with van der Waals surface area (Å²) in [6.45, 7) is 1.61. The van der Waals surface area contributed by atoms with Crippen LogP contribution in [0.25, 0.3) is 0 Å². The van der Waals surface area contributed by atoms with Gasteiger partial charge < -0.3 is 0 Å². The molecule has 0 atom stereocenters. The number of hydrogen-bond donors (Lipinski definition) is 1. The second kappa shape index (κ2) is 9.33. The van der Waals surface area contributed by atoms with Crippen LogP contribution in [-0.2, 0) is 14.8 Å². The van der Waals surface area contributed by atoms with Gasteiger partial charge in [-0.3, -0.25) is 4.79 Å². The van der Waals surface area contributed by atoms with Crippen LogP contribution in [0.3, 0.4) is 0 Å². The van der Waals surface area contributed by atoms with E-state index < -0.39 is 15.9 Å². The smallest absolute Gasteiger partial charge is 0.255 e. The van der Waals surface area contributed by atoms with Gasteiger partial charge >= 0.3 is 0 Å². The van der Waals surface area contributed by atoms with E-state index in [4.69, 9.17) is 0 Å². The first-order valence-electron chi connectivity index (χ1n) is 9.78. The Morgan fingerprint density at radius 3 is 2.31 bits per heavy atom. The SMILES string of the molecule is Cc1ccc(S(=O)(=O)N(C)CC(=O)NN=C2CCC(c3ccccc3)CC2)cc1. The Hall–Kier alpha value is -2.51. The summed E-state index contributed by atoms with van der Waals surface area (Å²) in [5, 5.41) is 4.23. The van der Waals surface area contributed by atoms with E-state index in [0.29, 0.717) is 5.92 Å². The van der Waals surface area contributed by atoms with E-state index in [1.165, 1.54) is 12.6 Å². The maximum absolute atomic E-state index is 12.6. The summed E-state index contributed by atoms with van der Waals surface area (Å²) < 4.78 is 26.2. The molecule has 1 amide bonds. The monoisotopic (exact) mass is 413 g/mol. The molecule has 0 unspecified atom stereocenters. The van der Waals surface area contributed by atoms with E-state index >= 15 is 0 Å². The van der Waals surface area contributed by atoms with Crippen molar-refractivity contribution in [2.75, 3.05) is 13.6 Å². The largest absolute Gasteiger partial charge is 0.272 e. The van der Waals surface area contributed by atoms with Gasteiger partial charge in [0.2, 0.25) is 10.0 Å². The average molecular weight is 414 g/mol. The Bertz CT molecular complexity index is 960. The predicted molar refractivity (Wildman–Crippen MR) is 114 cm³/mol. The molecular formula is C22H27N3O3S. The number of carbonyl (C=O) groups is 1. The van der Waals surface area contributed by atoms with Crippen LogP contribution in [0.5, 0.6) is 0 Å². The molecule has 154 valence electrons. The molecule has 0 aromatic heterocycles. The van der Waals surface area contributed by atoms with Gasteiger partial charge in [-0.1, -0.05) is 48.0 Å². The number of aryl methyl sites for hydroxylation is 1. The van der Waals surface area contributed by atoms with Gasteiger partial charge in [-0.05, 0) is 56.2 Å². The topological polar surface area (TPSA) is 78.8 Å². The molecule has 3 rings (SSSR count). The normalized spacial score (nSPS) is 17.2. The van der Waals surface area contributed by atoms with Gasteiger partial charge in [-0.25, -0.2) is 13.8 Å². The van der Waals surface area contributed by atoms with Gasteiger partial charge in [-0.2, -0.15) is 9.41 Å². The molecule has 1 aliphatic rings. The zero-order valence-electron chi connectivity index (χ0n) is 16.8. The zero-order chi connectivity index (χ0) is 20.9. The molecule has 1 saturated carbocycles. The quantitative estimate of drug-likeness (QED) is 0.737. The second-order valence-electron chi connectivity index (χ2n) is 7.47. The molecule has 0 saturated heterocycles. The molecule has 1 fully saturated rings. The number of hydrazone groups is 1. The molecule has 0 radical (unpaired) electrons. The van der Waals surface area contributed by atoms with Crippen LogP contribution in [0, 0.1) is 6.92 Å². The number of sulfonamides is 1. The second-order valence-corrected chi connectivity index (χ2v) is 9.52. The van der Waals surface area contributed by atoms with Gasteiger partial charge in [-0.15, -0.1) is 0 Å². The Balaban J connectivity index is 1.51. The third kappa shape index (κ3) is 5.52. The van der Waals surface area contributed by atoms with Gasteiger partial charge in [0, 0.05) is 12.8 Å². The van der Waals surface area contributed by atoms with Crippen LogP contribution >= 0.6 is 0 Å². The van der Waals surface area contributed by atoms with Crippen LogP contribution < -0.4 is 5.43 Å². The minimum Gasteiger partial charge on any atom is -0.272 e. The molecule has 0 spiro atoms. The minimum atomic E-state index is -3.71. The molecule has 2 aromatic carbocycles.